The summed E-state index contributed by atoms with van der Waals surface area (Å²) in [6, 6.07) is 13.7. The van der Waals surface area contributed by atoms with Crippen LogP contribution < -0.4 is 4.90 Å². The normalized spacial score (nSPS) is 19.2. The second-order valence-electron chi connectivity index (χ2n) is 7.45. The highest BCUT2D eigenvalue weighted by atomic mass is 35.5. The van der Waals surface area contributed by atoms with Crippen molar-refractivity contribution < 1.29 is 14.4 Å². The number of rotatable bonds is 5. The molecular weight excluding hydrogens is 376 g/mol. The molecule has 0 spiro atoms. The van der Waals surface area contributed by atoms with Gasteiger partial charge in [0.25, 0.3) is 5.91 Å². The minimum atomic E-state index is -0.793. The van der Waals surface area contributed by atoms with Crippen LogP contribution in [0, 0.1) is 12.8 Å². The first-order chi connectivity index (χ1) is 13.5. The Morgan fingerprint density at radius 3 is 2.43 bits per heavy atom. The Balaban J connectivity index is 1.63. The maximum Gasteiger partial charge on any atom is 0.257 e. The number of halogens is 1. The molecular formula is C22H21ClN2O3. The van der Waals surface area contributed by atoms with E-state index in [1.54, 1.807) is 23.1 Å². The van der Waals surface area contributed by atoms with Crippen LogP contribution in [0.2, 0.25) is 5.02 Å². The molecule has 1 saturated carbocycles. The van der Waals surface area contributed by atoms with Gasteiger partial charge in [-0.2, -0.15) is 0 Å². The average molecular weight is 397 g/mol. The zero-order valence-electron chi connectivity index (χ0n) is 15.6. The second-order valence-corrected chi connectivity index (χ2v) is 7.86. The largest absolute Gasteiger partial charge is 0.325 e. The van der Waals surface area contributed by atoms with Crippen molar-refractivity contribution in [1.29, 1.82) is 0 Å². The maximum atomic E-state index is 13.1. The standard InChI is InChI=1S/C22H21ClN2O3/c1-14-6-10-17(11-7-14)25-20(26)12-19(22(25)28)24(21(27)15-8-9-15)13-16-4-2-3-5-18(16)23/h2-7,10-11,15,19H,8-9,12-13H2,1H3. The number of carbonyl (C=O) groups is 3. The summed E-state index contributed by atoms with van der Waals surface area (Å²) in [7, 11) is 0. The maximum absolute atomic E-state index is 13.1. The van der Waals surface area contributed by atoms with E-state index >= 15 is 0 Å². The number of imide groups is 1. The minimum absolute atomic E-state index is 0.00434. The summed E-state index contributed by atoms with van der Waals surface area (Å²) in [6.45, 7) is 2.17. The monoisotopic (exact) mass is 396 g/mol. The summed E-state index contributed by atoms with van der Waals surface area (Å²) in [5.74, 6) is -0.767. The molecule has 5 nitrogen and oxygen atoms in total. The van der Waals surface area contributed by atoms with Crippen molar-refractivity contribution in [3.05, 3.63) is 64.7 Å². The van der Waals surface area contributed by atoms with Gasteiger partial charge in [-0.05, 0) is 43.5 Å². The van der Waals surface area contributed by atoms with E-state index in [2.05, 4.69) is 0 Å². The smallest absolute Gasteiger partial charge is 0.257 e. The summed E-state index contributed by atoms with van der Waals surface area (Å²) in [4.78, 5) is 41.5. The van der Waals surface area contributed by atoms with Gasteiger partial charge in [0.15, 0.2) is 0 Å². The van der Waals surface area contributed by atoms with E-state index in [1.165, 1.54) is 4.90 Å². The number of nitrogens with zero attached hydrogens (tertiary/aromatic N) is 2. The highest BCUT2D eigenvalue weighted by Gasteiger charge is 2.46. The van der Waals surface area contributed by atoms with E-state index in [9.17, 15) is 14.4 Å². The molecule has 2 aromatic rings. The number of benzene rings is 2. The molecule has 1 aliphatic heterocycles. The van der Waals surface area contributed by atoms with Crippen LogP contribution in [0.15, 0.2) is 48.5 Å². The molecule has 144 valence electrons. The summed E-state index contributed by atoms with van der Waals surface area (Å²) >= 11 is 6.28. The van der Waals surface area contributed by atoms with Crippen LogP contribution in [0.3, 0.4) is 0 Å². The number of hydrogen-bond acceptors (Lipinski definition) is 3. The summed E-state index contributed by atoms with van der Waals surface area (Å²) in [5.41, 5.74) is 2.36. The first-order valence-electron chi connectivity index (χ1n) is 9.43. The molecule has 1 saturated heterocycles. The predicted molar refractivity (Wildman–Crippen MR) is 107 cm³/mol. The molecule has 1 heterocycles. The third kappa shape index (κ3) is 3.54. The van der Waals surface area contributed by atoms with Crippen LogP contribution in [0.1, 0.15) is 30.4 Å². The average Bonchev–Trinajstić information content (AvgIpc) is 3.48. The van der Waals surface area contributed by atoms with Gasteiger partial charge in [-0.25, -0.2) is 4.90 Å². The van der Waals surface area contributed by atoms with Gasteiger partial charge >= 0.3 is 0 Å². The number of aryl methyl sites for hydroxylation is 1. The zero-order chi connectivity index (χ0) is 19.8. The number of carbonyl (C=O) groups excluding carboxylic acids is 3. The lowest BCUT2D eigenvalue weighted by atomic mass is 10.1. The molecule has 1 aliphatic carbocycles. The molecule has 0 radical (unpaired) electrons. The second kappa shape index (κ2) is 7.40. The Morgan fingerprint density at radius 2 is 1.79 bits per heavy atom. The summed E-state index contributed by atoms with van der Waals surface area (Å²) in [5, 5.41) is 0.545. The van der Waals surface area contributed by atoms with Crippen molar-refractivity contribution in [3.63, 3.8) is 0 Å². The fourth-order valence-electron chi connectivity index (χ4n) is 3.54. The fraction of sp³-hybridized carbons (Fsp3) is 0.318. The molecule has 0 N–H and O–H groups in total. The van der Waals surface area contributed by atoms with Gasteiger partial charge in [0.2, 0.25) is 11.8 Å². The van der Waals surface area contributed by atoms with Crippen LogP contribution >= 0.6 is 11.6 Å². The van der Waals surface area contributed by atoms with Crippen molar-refractivity contribution in [2.75, 3.05) is 4.90 Å². The van der Waals surface area contributed by atoms with E-state index in [0.29, 0.717) is 10.7 Å². The van der Waals surface area contributed by atoms with Crippen LogP contribution in [-0.4, -0.2) is 28.7 Å². The van der Waals surface area contributed by atoms with E-state index in [0.717, 1.165) is 24.0 Å². The number of amides is 3. The molecule has 2 aliphatic rings. The predicted octanol–water partition coefficient (Wildman–Crippen LogP) is 3.72. The Labute approximate surface area is 168 Å². The Kier molecular flexibility index (Phi) is 4.94. The Bertz CT molecular complexity index is 937. The van der Waals surface area contributed by atoms with Crippen molar-refractivity contribution >= 4 is 35.0 Å². The number of anilines is 1. The van der Waals surface area contributed by atoms with Crippen LogP contribution in [0.4, 0.5) is 5.69 Å². The van der Waals surface area contributed by atoms with Crippen LogP contribution in [0.5, 0.6) is 0 Å². The highest BCUT2D eigenvalue weighted by Crippen LogP contribution is 2.35. The van der Waals surface area contributed by atoms with E-state index in [1.807, 2.05) is 37.3 Å². The van der Waals surface area contributed by atoms with Gasteiger partial charge < -0.3 is 4.90 Å². The first-order valence-corrected chi connectivity index (χ1v) is 9.81. The lowest BCUT2D eigenvalue weighted by molar-refractivity contribution is -0.140. The fourth-order valence-corrected chi connectivity index (χ4v) is 3.74. The Hall–Kier alpha value is -2.66. The molecule has 2 aromatic carbocycles. The minimum Gasteiger partial charge on any atom is -0.325 e. The van der Waals surface area contributed by atoms with Gasteiger partial charge in [-0.15, -0.1) is 0 Å². The SMILES string of the molecule is Cc1ccc(N2C(=O)CC(N(Cc3ccccc3Cl)C(=O)C3CC3)C2=O)cc1. The first kappa shape index (κ1) is 18.7. The molecule has 0 aromatic heterocycles. The molecule has 1 unspecified atom stereocenters. The Morgan fingerprint density at radius 1 is 1.11 bits per heavy atom. The van der Waals surface area contributed by atoms with Crippen molar-refractivity contribution in [2.24, 2.45) is 5.92 Å². The van der Waals surface area contributed by atoms with Crippen LogP contribution in [-0.2, 0) is 20.9 Å². The molecule has 1 atom stereocenters. The van der Waals surface area contributed by atoms with E-state index in [-0.39, 0.29) is 36.6 Å². The molecule has 6 heteroatoms. The number of hydrogen-bond donors (Lipinski definition) is 0. The van der Waals surface area contributed by atoms with Crippen molar-refractivity contribution in [1.82, 2.24) is 4.90 Å². The molecule has 2 fully saturated rings. The molecule has 4 rings (SSSR count). The van der Waals surface area contributed by atoms with Gasteiger partial charge in [0.1, 0.15) is 6.04 Å². The van der Waals surface area contributed by atoms with Gasteiger partial charge in [-0.3, -0.25) is 14.4 Å². The molecule has 0 bridgehead atoms. The summed E-state index contributed by atoms with van der Waals surface area (Å²) < 4.78 is 0. The van der Waals surface area contributed by atoms with Crippen molar-refractivity contribution in [2.45, 2.75) is 38.8 Å². The van der Waals surface area contributed by atoms with Gasteiger partial charge in [0.05, 0.1) is 12.1 Å². The molecule has 3 amide bonds. The topological polar surface area (TPSA) is 57.7 Å². The van der Waals surface area contributed by atoms with Gasteiger partial charge in [0, 0.05) is 17.5 Å². The quantitative estimate of drug-likeness (QED) is 0.724. The zero-order valence-corrected chi connectivity index (χ0v) is 16.4. The third-order valence-corrected chi connectivity index (χ3v) is 5.67. The molecule has 28 heavy (non-hydrogen) atoms. The summed E-state index contributed by atoms with van der Waals surface area (Å²) in [6.07, 6.45) is 1.65. The van der Waals surface area contributed by atoms with Gasteiger partial charge in [-0.1, -0.05) is 47.5 Å². The highest BCUT2D eigenvalue weighted by molar-refractivity contribution is 6.31. The third-order valence-electron chi connectivity index (χ3n) is 5.30. The van der Waals surface area contributed by atoms with Crippen LogP contribution in [0.25, 0.3) is 0 Å². The lowest BCUT2D eigenvalue weighted by Gasteiger charge is -2.28. The van der Waals surface area contributed by atoms with Crippen molar-refractivity contribution in [3.8, 4) is 0 Å². The van der Waals surface area contributed by atoms with E-state index in [4.69, 9.17) is 11.6 Å². The lowest BCUT2D eigenvalue weighted by Crippen LogP contribution is -2.45. The van der Waals surface area contributed by atoms with E-state index < -0.39 is 6.04 Å².